The highest BCUT2D eigenvalue weighted by Gasteiger charge is 2.40. The van der Waals surface area contributed by atoms with E-state index in [1.165, 1.54) is 0 Å². The van der Waals surface area contributed by atoms with E-state index >= 15 is 0 Å². The first-order chi connectivity index (χ1) is 7.74. The maximum Gasteiger partial charge on any atom is 0.234 e. The molecule has 2 rings (SSSR count). The summed E-state index contributed by atoms with van der Waals surface area (Å²) in [5, 5.41) is 5.86. The Morgan fingerprint density at radius 1 is 1.31 bits per heavy atom. The number of carbonyl (C=O) groups excluding carboxylic acids is 1. The summed E-state index contributed by atoms with van der Waals surface area (Å²) in [4.78, 5) is 11.4. The van der Waals surface area contributed by atoms with Crippen LogP contribution in [0.5, 0.6) is 0 Å². The number of likely N-dealkylation sites (N-methyl/N-ethyl adjacent to an activating group) is 1. The van der Waals surface area contributed by atoms with Crippen LogP contribution in [0.4, 0.5) is 0 Å². The highest BCUT2D eigenvalue weighted by atomic mass is 16.7. The molecule has 0 atom stereocenters. The fourth-order valence-electron chi connectivity index (χ4n) is 2.43. The summed E-state index contributed by atoms with van der Waals surface area (Å²) in [5.74, 6) is -0.263. The second kappa shape index (κ2) is 5.12. The molecule has 2 fully saturated rings. The van der Waals surface area contributed by atoms with Crippen LogP contribution in [0.15, 0.2) is 0 Å². The Bertz CT molecular complexity index is 242. The summed E-state index contributed by atoms with van der Waals surface area (Å²) in [6, 6.07) is 0.277. The summed E-state index contributed by atoms with van der Waals surface area (Å²) in [5.41, 5.74) is 0. The van der Waals surface area contributed by atoms with E-state index in [9.17, 15) is 4.79 Å². The van der Waals surface area contributed by atoms with Gasteiger partial charge < -0.3 is 20.1 Å². The molecule has 2 aliphatic rings. The second-order valence-electron chi connectivity index (χ2n) is 4.48. The Morgan fingerprint density at radius 2 is 1.94 bits per heavy atom. The highest BCUT2D eigenvalue weighted by Crippen LogP contribution is 2.35. The highest BCUT2D eigenvalue weighted by molar-refractivity contribution is 5.78. The SMILES string of the molecule is CNCC(=O)NC1CCC2(CC1)OCCO2. The topological polar surface area (TPSA) is 59.6 Å². The number of hydrogen-bond acceptors (Lipinski definition) is 4. The molecule has 92 valence electrons. The Hall–Kier alpha value is -0.650. The minimum atomic E-state index is -0.329. The summed E-state index contributed by atoms with van der Waals surface area (Å²) in [6.07, 6.45) is 3.65. The lowest BCUT2D eigenvalue weighted by atomic mass is 9.90. The van der Waals surface area contributed by atoms with Gasteiger partial charge in [-0.05, 0) is 19.9 Å². The molecule has 16 heavy (non-hydrogen) atoms. The molecule has 1 spiro atoms. The van der Waals surface area contributed by atoms with Crippen molar-refractivity contribution in [3.63, 3.8) is 0 Å². The Balaban J connectivity index is 1.74. The van der Waals surface area contributed by atoms with Crippen molar-refractivity contribution in [1.29, 1.82) is 0 Å². The van der Waals surface area contributed by atoms with Crippen LogP contribution in [-0.2, 0) is 14.3 Å². The Labute approximate surface area is 95.9 Å². The second-order valence-corrected chi connectivity index (χ2v) is 4.48. The molecular weight excluding hydrogens is 208 g/mol. The van der Waals surface area contributed by atoms with E-state index in [-0.39, 0.29) is 17.7 Å². The number of carbonyl (C=O) groups is 1. The maximum atomic E-state index is 11.4. The zero-order valence-electron chi connectivity index (χ0n) is 9.75. The van der Waals surface area contributed by atoms with E-state index in [0.717, 1.165) is 25.7 Å². The minimum absolute atomic E-state index is 0.0664. The van der Waals surface area contributed by atoms with Crippen molar-refractivity contribution in [3.8, 4) is 0 Å². The van der Waals surface area contributed by atoms with Gasteiger partial charge in [0, 0.05) is 18.9 Å². The van der Waals surface area contributed by atoms with E-state index in [4.69, 9.17) is 9.47 Å². The lowest BCUT2D eigenvalue weighted by molar-refractivity contribution is -0.180. The molecule has 0 aromatic carbocycles. The third kappa shape index (κ3) is 2.72. The van der Waals surface area contributed by atoms with Crippen LogP contribution in [-0.4, -0.2) is 44.5 Å². The van der Waals surface area contributed by atoms with Gasteiger partial charge in [0.05, 0.1) is 19.8 Å². The number of nitrogens with one attached hydrogen (secondary N) is 2. The standard InChI is InChI=1S/C11H20N2O3/c1-12-8-10(14)13-9-2-4-11(5-3-9)15-6-7-16-11/h9,12H,2-8H2,1H3,(H,13,14). The van der Waals surface area contributed by atoms with E-state index in [1.54, 1.807) is 7.05 Å². The lowest BCUT2D eigenvalue weighted by Gasteiger charge is -2.35. The number of ether oxygens (including phenoxy) is 2. The molecule has 0 aromatic heterocycles. The van der Waals surface area contributed by atoms with Crippen LogP contribution in [0.3, 0.4) is 0 Å². The van der Waals surface area contributed by atoms with E-state index in [0.29, 0.717) is 19.8 Å². The number of rotatable bonds is 3. The van der Waals surface area contributed by atoms with Gasteiger partial charge in [-0.25, -0.2) is 0 Å². The number of hydrogen-bond donors (Lipinski definition) is 2. The molecule has 1 heterocycles. The van der Waals surface area contributed by atoms with E-state index in [1.807, 2.05) is 0 Å². The molecule has 1 aliphatic heterocycles. The molecule has 1 amide bonds. The van der Waals surface area contributed by atoms with E-state index in [2.05, 4.69) is 10.6 Å². The predicted molar refractivity (Wildman–Crippen MR) is 59.0 cm³/mol. The van der Waals surface area contributed by atoms with Gasteiger partial charge in [0.25, 0.3) is 0 Å². The molecule has 1 saturated heterocycles. The fraction of sp³-hybridized carbons (Fsp3) is 0.909. The van der Waals surface area contributed by atoms with Gasteiger partial charge >= 0.3 is 0 Å². The van der Waals surface area contributed by atoms with Gasteiger partial charge in [-0.15, -0.1) is 0 Å². The molecule has 5 heteroatoms. The molecule has 0 unspecified atom stereocenters. The van der Waals surface area contributed by atoms with Crippen LogP contribution in [0.25, 0.3) is 0 Å². The van der Waals surface area contributed by atoms with Crippen molar-refractivity contribution >= 4 is 5.91 Å². The molecular formula is C11H20N2O3. The van der Waals surface area contributed by atoms with Crippen molar-refractivity contribution in [2.24, 2.45) is 0 Å². The lowest BCUT2D eigenvalue weighted by Crippen LogP contribution is -2.45. The normalized spacial score (nSPS) is 24.8. The van der Waals surface area contributed by atoms with Crippen LogP contribution in [0, 0.1) is 0 Å². The average Bonchev–Trinajstić information content (AvgIpc) is 2.71. The average molecular weight is 228 g/mol. The van der Waals surface area contributed by atoms with Gasteiger partial charge in [0.2, 0.25) is 5.91 Å². The molecule has 0 aromatic rings. The summed E-state index contributed by atoms with van der Waals surface area (Å²) < 4.78 is 11.3. The number of amides is 1. The molecule has 2 N–H and O–H groups in total. The molecule has 0 bridgehead atoms. The Morgan fingerprint density at radius 3 is 2.50 bits per heavy atom. The maximum absolute atomic E-state index is 11.4. The van der Waals surface area contributed by atoms with Crippen molar-refractivity contribution in [3.05, 3.63) is 0 Å². The van der Waals surface area contributed by atoms with Crippen LogP contribution < -0.4 is 10.6 Å². The molecule has 1 saturated carbocycles. The van der Waals surface area contributed by atoms with Crippen LogP contribution >= 0.6 is 0 Å². The van der Waals surface area contributed by atoms with Crippen molar-refractivity contribution in [2.75, 3.05) is 26.8 Å². The first-order valence-electron chi connectivity index (χ1n) is 5.96. The molecule has 5 nitrogen and oxygen atoms in total. The first-order valence-corrected chi connectivity index (χ1v) is 5.96. The van der Waals surface area contributed by atoms with Gasteiger partial charge in [-0.2, -0.15) is 0 Å². The summed E-state index contributed by atoms with van der Waals surface area (Å²) >= 11 is 0. The summed E-state index contributed by atoms with van der Waals surface area (Å²) in [7, 11) is 1.77. The minimum Gasteiger partial charge on any atom is -0.352 e. The molecule has 1 aliphatic carbocycles. The predicted octanol–water partition coefficient (Wildman–Crippen LogP) is 0.00770. The first kappa shape index (κ1) is 11.8. The third-order valence-corrected chi connectivity index (χ3v) is 3.26. The molecule has 0 radical (unpaired) electrons. The van der Waals surface area contributed by atoms with Gasteiger partial charge in [0.1, 0.15) is 0 Å². The third-order valence-electron chi connectivity index (χ3n) is 3.26. The van der Waals surface area contributed by atoms with E-state index < -0.39 is 0 Å². The smallest absolute Gasteiger partial charge is 0.234 e. The van der Waals surface area contributed by atoms with Crippen LogP contribution in [0.2, 0.25) is 0 Å². The fourth-order valence-corrected chi connectivity index (χ4v) is 2.43. The van der Waals surface area contributed by atoms with Gasteiger partial charge in [0.15, 0.2) is 5.79 Å². The monoisotopic (exact) mass is 228 g/mol. The van der Waals surface area contributed by atoms with Gasteiger partial charge in [-0.3, -0.25) is 4.79 Å². The largest absolute Gasteiger partial charge is 0.352 e. The zero-order chi connectivity index (χ0) is 11.4. The van der Waals surface area contributed by atoms with Crippen molar-refractivity contribution in [1.82, 2.24) is 10.6 Å². The van der Waals surface area contributed by atoms with Crippen molar-refractivity contribution in [2.45, 2.75) is 37.5 Å². The zero-order valence-corrected chi connectivity index (χ0v) is 9.75. The Kier molecular flexibility index (Phi) is 3.78. The quantitative estimate of drug-likeness (QED) is 0.714. The van der Waals surface area contributed by atoms with Gasteiger partial charge in [-0.1, -0.05) is 0 Å². The van der Waals surface area contributed by atoms with Crippen molar-refractivity contribution < 1.29 is 14.3 Å². The summed E-state index contributed by atoms with van der Waals surface area (Å²) in [6.45, 7) is 1.79. The van der Waals surface area contributed by atoms with Crippen LogP contribution in [0.1, 0.15) is 25.7 Å².